The van der Waals surface area contributed by atoms with Crippen molar-refractivity contribution in [2.24, 2.45) is 5.10 Å². The number of anilines is 2. The standard InChI is InChI=1S/C19H27N5O/c1-4-6-11-24(10-5-2)18-13-17(21-19(25)22-18)14-20-23-16-9-7-8-15(3)12-16/h7-9,12-14,23H,4-6,10-11H2,1-3H3,(H,21,22,25)/b20-14+. The van der Waals surface area contributed by atoms with Gasteiger partial charge in [-0.25, -0.2) is 4.79 Å². The number of hydrazone groups is 1. The largest absolute Gasteiger partial charge is 0.356 e. The molecule has 0 bridgehead atoms. The van der Waals surface area contributed by atoms with Gasteiger partial charge in [0.15, 0.2) is 0 Å². The lowest BCUT2D eigenvalue weighted by molar-refractivity contribution is 0.693. The SMILES string of the molecule is CCCCN(CCC)c1cc(/C=N/Nc2cccc(C)c2)[nH]c(=O)n1. The van der Waals surface area contributed by atoms with Crippen LogP contribution in [0.5, 0.6) is 0 Å². The minimum Gasteiger partial charge on any atom is -0.356 e. The summed E-state index contributed by atoms with van der Waals surface area (Å²) < 4.78 is 0. The first kappa shape index (κ1) is 18.7. The maximum Gasteiger partial charge on any atom is 0.347 e. The quantitative estimate of drug-likeness (QED) is 0.540. The zero-order chi connectivity index (χ0) is 18.1. The lowest BCUT2D eigenvalue weighted by Gasteiger charge is -2.22. The summed E-state index contributed by atoms with van der Waals surface area (Å²) in [6.45, 7) is 8.10. The minimum atomic E-state index is -0.355. The number of nitrogens with one attached hydrogen (secondary N) is 2. The van der Waals surface area contributed by atoms with Gasteiger partial charge in [-0.3, -0.25) is 5.43 Å². The number of hydrogen-bond donors (Lipinski definition) is 2. The van der Waals surface area contributed by atoms with Crippen molar-refractivity contribution in [3.63, 3.8) is 0 Å². The molecule has 0 saturated heterocycles. The number of H-pyrrole nitrogens is 1. The Bertz CT molecular complexity index is 753. The number of rotatable bonds is 9. The summed E-state index contributed by atoms with van der Waals surface area (Å²) in [5, 5.41) is 4.21. The third-order valence-electron chi connectivity index (χ3n) is 3.77. The molecule has 0 fully saturated rings. The first-order chi connectivity index (χ1) is 12.1. The van der Waals surface area contributed by atoms with Gasteiger partial charge in [0.25, 0.3) is 0 Å². The van der Waals surface area contributed by atoms with Crippen LogP contribution in [0.15, 0.2) is 40.2 Å². The van der Waals surface area contributed by atoms with Gasteiger partial charge in [-0.05, 0) is 37.5 Å². The Balaban J connectivity index is 2.14. The van der Waals surface area contributed by atoms with E-state index in [0.29, 0.717) is 11.5 Å². The monoisotopic (exact) mass is 341 g/mol. The van der Waals surface area contributed by atoms with Crippen LogP contribution < -0.4 is 16.0 Å². The summed E-state index contributed by atoms with van der Waals surface area (Å²) in [5.41, 5.74) is 5.32. The maximum atomic E-state index is 11.9. The van der Waals surface area contributed by atoms with Gasteiger partial charge in [0.1, 0.15) is 5.82 Å². The summed E-state index contributed by atoms with van der Waals surface area (Å²) in [6, 6.07) is 9.81. The van der Waals surface area contributed by atoms with Gasteiger partial charge < -0.3 is 9.88 Å². The summed E-state index contributed by atoms with van der Waals surface area (Å²) in [7, 11) is 0. The van der Waals surface area contributed by atoms with E-state index in [1.165, 1.54) is 0 Å². The van der Waals surface area contributed by atoms with E-state index in [9.17, 15) is 4.79 Å². The Hall–Kier alpha value is -2.63. The molecule has 0 unspecified atom stereocenters. The van der Waals surface area contributed by atoms with Gasteiger partial charge in [0.05, 0.1) is 17.6 Å². The molecule has 1 aromatic carbocycles. The topological polar surface area (TPSA) is 73.4 Å². The fourth-order valence-electron chi connectivity index (χ4n) is 2.55. The van der Waals surface area contributed by atoms with Crippen molar-refractivity contribution in [1.82, 2.24) is 9.97 Å². The number of nitrogens with zero attached hydrogens (tertiary/aromatic N) is 3. The molecule has 6 heteroatoms. The Labute approximate surface area is 149 Å². The second-order valence-electron chi connectivity index (χ2n) is 6.08. The van der Waals surface area contributed by atoms with Crippen LogP contribution >= 0.6 is 0 Å². The molecular weight excluding hydrogens is 314 g/mol. The number of aromatic amines is 1. The highest BCUT2D eigenvalue weighted by Crippen LogP contribution is 2.12. The van der Waals surface area contributed by atoms with Crippen molar-refractivity contribution >= 4 is 17.7 Å². The number of benzene rings is 1. The molecule has 0 aliphatic heterocycles. The van der Waals surface area contributed by atoms with E-state index in [1.807, 2.05) is 37.3 Å². The van der Waals surface area contributed by atoms with Crippen molar-refractivity contribution in [3.8, 4) is 0 Å². The average Bonchev–Trinajstić information content (AvgIpc) is 2.58. The molecule has 2 aromatic rings. The van der Waals surface area contributed by atoms with Crippen LogP contribution in [0.2, 0.25) is 0 Å². The lowest BCUT2D eigenvalue weighted by atomic mass is 10.2. The second-order valence-corrected chi connectivity index (χ2v) is 6.08. The predicted octanol–water partition coefficient (Wildman–Crippen LogP) is 3.54. The van der Waals surface area contributed by atoms with Crippen LogP contribution in [-0.2, 0) is 0 Å². The van der Waals surface area contributed by atoms with E-state index in [0.717, 1.165) is 43.6 Å². The molecule has 1 aromatic heterocycles. The number of aryl methyl sites for hydroxylation is 1. The number of hydrogen-bond acceptors (Lipinski definition) is 5. The molecule has 0 aliphatic rings. The van der Waals surface area contributed by atoms with Crippen LogP contribution in [0.4, 0.5) is 11.5 Å². The van der Waals surface area contributed by atoms with Gasteiger partial charge in [-0.15, -0.1) is 0 Å². The Morgan fingerprint density at radius 3 is 2.80 bits per heavy atom. The highest BCUT2D eigenvalue weighted by Gasteiger charge is 2.08. The zero-order valence-electron chi connectivity index (χ0n) is 15.2. The molecule has 2 rings (SSSR count). The van der Waals surface area contributed by atoms with Gasteiger partial charge in [-0.2, -0.15) is 10.1 Å². The van der Waals surface area contributed by atoms with Crippen molar-refractivity contribution in [1.29, 1.82) is 0 Å². The van der Waals surface area contributed by atoms with Gasteiger partial charge in [0, 0.05) is 19.2 Å². The molecule has 0 atom stereocenters. The third kappa shape index (κ3) is 6.06. The molecule has 0 spiro atoms. The van der Waals surface area contributed by atoms with E-state index in [4.69, 9.17) is 0 Å². The van der Waals surface area contributed by atoms with Gasteiger partial charge >= 0.3 is 5.69 Å². The van der Waals surface area contributed by atoms with E-state index in [2.05, 4.69) is 39.2 Å². The molecule has 0 amide bonds. The highest BCUT2D eigenvalue weighted by atomic mass is 16.1. The molecule has 0 radical (unpaired) electrons. The van der Waals surface area contributed by atoms with Crippen LogP contribution in [0.25, 0.3) is 0 Å². The zero-order valence-corrected chi connectivity index (χ0v) is 15.2. The summed E-state index contributed by atoms with van der Waals surface area (Å²) in [6.07, 6.45) is 4.81. The first-order valence-electron chi connectivity index (χ1n) is 8.84. The average molecular weight is 341 g/mol. The molecule has 25 heavy (non-hydrogen) atoms. The fourth-order valence-corrected chi connectivity index (χ4v) is 2.55. The molecule has 1 heterocycles. The van der Waals surface area contributed by atoms with Gasteiger partial charge in [-0.1, -0.05) is 32.4 Å². The molecule has 6 nitrogen and oxygen atoms in total. The fraction of sp³-hybridized carbons (Fsp3) is 0.421. The summed E-state index contributed by atoms with van der Waals surface area (Å²) in [5.74, 6) is 0.705. The Morgan fingerprint density at radius 1 is 1.24 bits per heavy atom. The van der Waals surface area contributed by atoms with Crippen LogP contribution in [0.1, 0.15) is 44.4 Å². The lowest BCUT2D eigenvalue weighted by Crippen LogP contribution is -2.29. The van der Waals surface area contributed by atoms with E-state index >= 15 is 0 Å². The van der Waals surface area contributed by atoms with Crippen molar-refractivity contribution in [2.45, 2.75) is 40.0 Å². The van der Waals surface area contributed by atoms with Crippen LogP contribution in [-0.4, -0.2) is 29.3 Å². The smallest absolute Gasteiger partial charge is 0.347 e. The highest BCUT2D eigenvalue weighted by molar-refractivity contribution is 5.78. The predicted molar refractivity (Wildman–Crippen MR) is 105 cm³/mol. The first-order valence-corrected chi connectivity index (χ1v) is 8.84. The summed E-state index contributed by atoms with van der Waals surface area (Å²) in [4.78, 5) is 20.9. The molecule has 0 saturated carbocycles. The van der Waals surface area contributed by atoms with E-state index < -0.39 is 0 Å². The Morgan fingerprint density at radius 2 is 2.08 bits per heavy atom. The normalized spacial score (nSPS) is 11.0. The van der Waals surface area contributed by atoms with Gasteiger partial charge in [0.2, 0.25) is 0 Å². The Kier molecular flexibility index (Phi) is 7.19. The van der Waals surface area contributed by atoms with E-state index in [1.54, 1.807) is 6.21 Å². The van der Waals surface area contributed by atoms with E-state index in [-0.39, 0.29) is 5.69 Å². The molecule has 0 aliphatic carbocycles. The number of aromatic nitrogens is 2. The molecule has 2 N–H and O–H groups in total. The van der Waals surface area contributed by atoms with Crippen LogP contribution in [0, 0.1) is 6.92 Å². The second kappa shape index (κ2) is 9.61. The minimum absolute atomic E-state index is 0.355. The van der Waals surface area contributed by atoms with Crippen molar-refractivity contribution in [2.75, 3.05) is 23.4 Å². The maximum absolute atomic E-state index is 11.9. The van der Waals surface area contributed by atoms with Crippen LogP contribution in [0.3, 0.4) is 0 Å². The molecule has 134 valence electrons. The summed E-state index contributed by atoms with van der Waals surface area (Å²) >= 11 is 0. The van der Waals surface area contributed by atoms with Crippen molar-refractivity contribution < 1.29 is 0 Å². The third-order valence-corrected chi connectivity index (χ3v) is 3.77. The van der Waals surface area contributed by atoms with Crippen molar-refractivity contribution in [3.05, 3.63) is 52.1 Å². The number of unbranched alkanes of at least 4 members (excludes halogenated alkanes) is 1. The molecular formula is C19H27N5O.